The number of esters is 1. The Balaban J connectivity index is 0. The highest BCUT2D eigenvalue weighted by atomic mass is 16.5. The van der Waals surface area contributed by atoms with Gasteiger partial charge in [-0.3, -0.25) is 24.0 Å². The Hall–Kier alpha value is -2.65. The summed E-state index contributed by atoms with van der Waals surface area (Å²) in [5.74, 6) is -6.89. The van der Waals surface area contributed by atoms with Crippen LogP contribution in [0.15, 0.2) is 0 Å². The first-order valence-corrected chi connectivity index (χ1v) is 9.91. The van der Waals surface area contributed by atoms with Crippen LogP contribution in [0.5, 0.6) is 0 Å². The lowest BCUT2D eigenvalue weighted by Crippen LogP contribution is -2.31. The topological polar surface area (TPSA) is 175 Å². The number of hydrogen-bond acceptors (Lipinski definition) is 6. The minimum atomic E-state index is -1.05. The lowest BCUT2D eigenvalue weighted by atomic mass is 9.79. The van der Waals surface area contributed by atoms with E-state index in [1.165, 1.54) is 0 Å². The van der Waals surface area contributed by atoms with Crippen LogP contribution in [-0.2, 0) is 28.7 Å². The highest BCUT2D eigenvalue weighted by Gasteiger charge is 2.32. The number of rotatable bonds is 14. The summed E-state index contributed by atoms with van der Waals surface area (Å²) in [6.45, 7) is 7.04. The van der Waals surface area contributed by atoms with Gasteiger partial charge in [0, 0.05) is 12.8 Å². The molecule has 0 spiro atoms. The van der Waals surface area contributed by atoms with Gasteiger partial charge in [0.05, 0.1) is 24.9 Å². The predicted octanol–water partition coefficient (Wildman–Crippen LogP) is 2.74. The summed E-state index contributed by atoms with van der Waals surface area (Å²) in [4.78, 5) is 53.7. The molecule has 0 bridgehead atoms. The molecule has 0 fully saturated rings. The van der Waals surface area contributed by atoms with Crippen molar-refractivity contribution in [1.29, 1.82) is 0 Å². The van der Waals surface area contributed by atoms with Gasteiger partial charge in [0.15, 0.2) is 0 Å². The Kier molecular flexibility index (Phi) is 15.9. The van der Waals surface area contributed by atoms with E-state index in [4.69, 9.17) is 25.2 Å². The van der Waals surface area contributed by atoms with Gasteiger partial charge in [-0.2, -0.15) is 0 Å². The number of hydrogen-bond donors (Lipinski definition) is 4. The molecule has 0 aromatic carbocycles. The molecule has 0 aromatic rings. The van der Waals surface area contributed by atoms with Gasteiger partial charge in [0.1, 0.15) is 0 Å². The fourth-order valence-corrected chi connectivity index (χ4v) is 2.92. The van der Waals surface area contributed by atoms with E-state index < -0.39 is 53.5 Å². The molecule has 0 heterocycles. The summed E-state index contributed by atoms with van der Waals surface area (Å²) in [5, 5.41) is 34.5. The van der Waals surface area contributed by atoms with Crippen molar-refractivity contribution in [3.63, 3.8) is 0 Å². The Morgan fingerprint density at radius 1 is 0.800 bits per heavy atom. The van der Waals surface area contributed by atoms with Crippen LogP contribution in [0.1, 0.15) is 66.2 Å². The van der Waals surface area contributed by atoms with Crippen LogP contribution >= 0.6 is 0 Å². The fraction of sp³-hybridized carbons (Fsp3) is 0.750. The molecule has 30 heavy (non-hydrogen) atoms. The predicted molar refractivity (Wildman–Crippen MR) is 106 cm³/mol. The van der Waals surface area contributed by atoms with Crippen LogP contribution in [0.25, 0.3) is 0 Å². The average Bonchev–Trinajstić information content (AvgIpc) is 2.62. The normalized spacial score (nSPS) is 14.3. The molecule has 10 heteroatoms. The molecule has 4 unspecified atom stereocenters. The lowest BCUT2D eigenvalue weighted by molar-refractivity contribution is -0.152. The molecule has 0 saturated carbocycles. The molecule has 0 aliphatic carbocycles. The van der Waals surface area contributed by atoms with Crippen molar-refractivity contribution >= 4 is 29.8 Å². The highest BCUT2D eigenvalue weighted by Crippen LogP contribution is 2.28. The summed E-state index contributed by atoms with van der Waals surface area (Å²) in [6, 6.07) is 0. The third-order valence-electron chi connectivity index (χ3n) is 4.61. The molecule has 174 valence electrons. The van der Waals surface area contributed by atoms with Gasteiger partial charge in [-0.15, -0.1) is 0 Å². The molecule has 4 N–H and O–H groups in total. The summed E-state index contributed by atoms with van der Waals surface area (Å²) in [5.41, 5.74) is 0. The maximum absolute atomic E-state index is 11.6. The van der Waals surface area contributed by atoms with Gasteiger partial charge in [0.2, 0.25) is 0 Å². The van der Waals surface area contributed by atoms with Crippen molar-refractivity contribution in [2.75, 3.05) is 6.61 Å². The van der Waals surface area contributed by atoms with Crippen molar-refractivity contribution in [3.05, 3.63) is 0 Å². The summed E-state index contributed by atoms with van der Waals surface area (Å²) in [7, 11) is 0. The molecule has 0 radical (unpaired) electrons. The molecular formula is C20H34O10. The van der Waals surface area contributed by atoms with Gasteiger partial charge in [-0.05, 0) is 25.2 Å². The number of unbranched alkanes of at least 4 members (excludes halogenated alkanes) is 1. The van der Waals surface area contributed by atoms with Crippen LogP contribution in [0.2, 0.25) is 0 Å². The first-order valence-electron chi connectivity index (χ1n) is 9.91. The van der Waals surface area contributed by atoms with Crippen LogP contribution < -0.4 is 0 Å². The first kappa shape index (κ1) is 29.6. The van der Waals surface area contributed by atoms with Crippen LogP contribution in [-0.4, -0.2) is 56.9 Å². The molecule has 10 nitrogen and oxygen atoms in total. The van der Waals surface area contributed by atoms with E-state index in [0.717, 1.165) is 12.8 Å². The van der Waals surface area contributed by atoms with Crippen molar-refractivity contribution < 1.29 is 49.1 Å². The van der Waals surface area contributed by atoms with Crippen LogP contribution in [0, 0.1) is 23.7 Å². The SMILES string of the molecule is CCCCC(CC(=O)O)C(=O)O.CCOC(=O)C(C)C(CC(=O)O)C(C)CC(=O)O. The third-order valence-corrected chi connectivity index (χ3v) is 4.61. The van der Waals surface area contributed by atoms with Crippen LogP contribution in [0.4, 0.5) is 0 Å². The number of aliphatic carboxylic acids is 4. The highest BCUT2D eigenvalue weighted by molar-refractivity contribution is 5.77. The van der Waals surface area contributed by atoms with Gasteiger partial charge in [0.25, 0.3) is 0 Å². The minimum Gasteiger partial charge on any atom is -0.481 e. The Bertz CT molecular complexity index is 572. The quantitative estimate of drug-likeness (QED) is 0.297. The molecule has 0 saturated heterocycles. The van der Waals surface area contributed by atoms with Gasteiger partial charge in [-0.25, -0.2) is 0 Å². The molecule has 0 aliphatic heterocycles. The van der Waals surface area contributed by atoms with E-state index in [0.29, 0.717) is 6.42 Å². The maximum atomic E-state index is 11.6. The van der Waals surface area contributed by atoms with E-state index in [2.05, 4.69) is 0 Å². The van der Waals surface area contributed by atoms with E-state index in [9.17, 15) is 24.0 Å². The summed E-state index contributed by atoms with van der Waals surface area (Å²) >= 11 is 0. The molecule has 0 amide bonds. The Morgan fingerprint density at radius 3 is 1.67 bits per heavy atom. The zero-order valence-corrected chi connectivity index (χ0v) is 18.0. The summed E-state index contributed by atoms with van der Waals surface area (Å²) in [6.07, 6.45) is 1.44. The van der Waals surface area contributed by atoms with Crippen LogP contribution in [0.3, 0.4) is 0 Å². The third kappa shape index (κ3) is 14.4. The zero-order chi connectivity index (χ0) is 23.9. The zero-order valence-electron chi connectivity index (χ0n) is 18.0. The molecule has 0 aromatic heterocycles. The number of carboxylic acids is 4. The Morgan fingerprint density at radius 2 is 1.30 bits per heavy atom. The summed E-state index contributed by atoms with van der Waals surface area (Å²) < 4.78 is 4.84. The smallest absolute Gasteiger partial charge is 0.308 e. The van der Waals surface area contributed by atoms with Gasteiger partial charge in [-0.1, -0.05) is 33.6 Å². The minimum absolute atomic E-state index is 0.165. The maximum Gasteiger partial charge on any atom is 0.308 e. The number of ether oxygens (including phenoxy) is 1. The molecule has 0 rings (SSSR count). The standard InChI is InChI=1S/C12H20O6.C8H14O4/c1-4-18-12(17)8(3)9(6-11(15)16)7(2)5-10(13)14;1-2-3-4-6(8(11)12)5-7(9)10/h7-9H,4-6H2,1-3H3,(H,13,14)(H,15,16);6H,2-5H2,1H3,(H,9,10)(H,11,12). The van der Waals surface area contributed by atoms with Gasteiger partial charge >= 0.3 is 29.8 Å². The second kappa shape index (κ2) is 16.2. The van der Waals surface area contributed by atoms with Crippen molar-refractivity contribution in [2.45, 2.75) is 66.2 Å². The molecular weight excluding hydrogens is 400 g/mol. The second-order valence-electron chi connectivity index (χ2n) is 7.15. The fourth-order valence-electron chi connectivity index (χ4n) is 2.92. The first-order chi connectivity index (χ1) is 13.9. The van der Waals surface area contributed by atoms with E-state index in [1.54, 1.807) is 20.8 Å². The monoisotopic (exact) mass is 434 g/mol. The van der Waals surface area contributed by atoms with Gasteiger partial charge < -0.3 is 25.2 Å². The Labute approximate surface area is 176 Å². The van der Waals surface area contributed by atoms with E-state index in [1.807, 2.05) is 6.92 Å². The van der Waals surface area contributed by atoms with E-state index in [-0.39, 0.29) is 25.9 Å². The molecule has 4 atom stereocenters. The average molecular weight is 434 g/mol. The second-order valence-corrected chi connectivity index (χ2v) is 7.15. The van der Waals surface area contributed by atoms with Crippen molar-refractivity contribution in [1.82, 2.24) is 0 Å². The van der Waals surface area contributed by atoms with Crippen molar-refractivity contribution in [2.24, 2.45) is 23.7 Å². The number of carbonyl (C=O) groups excluding carboxylic acids is 1. The van der Waals surface area contributed by atoms with E-state index >= 15 is 0 Å². The van der Waals surface area contributed by atoms with Crippen molar-refractivity contribution in [3.8, 4) is 0 Å². The molecule has 0 aliphatic rings. The largest absolute Gasteiger partial charge is 0.481 e. The lowest BCUT2D eigenvalue weighted by Gasteiger charge is -2.26. The number of carboxylic acid groups (broad SMARTS) is 4. The number of carbonyl (C=O) groups is 5.